The number of phosphoric ester groups is 1. The van der Waals surface area contributed by atoms with Crippen LogP contribution in [0.4, 0.5) is 0 Å². The summed E-state index contributed by atoms with van der Waals surface area (Å²) in [4.78, 5) is 55.4. The van der Waals surface area contributed by atoms with E-state index in [1.54, 1.807) is 18.0 Å². The molecule has 3 aliphatic rings. The average Bonchev–Trinajstić information content (AvgIpc) is 3.34. The van der Waals surface area contributed by atoms with Gasteiger partial charge in [0.05, 0.1) is 19.3 Å². The largest absolute Gasteiger partial charge is 0.490 e. The van der Waals surface area contributed by atoms with Gasteiger partial charge in [0.2, 0.25) is 5.91 Å². The topological polar surface area (TPSA) is 232 Å². The Balaban J connectivity index is 1.73. The van der Waals surface area contributed by atoms with Crippen molar-refractivity contribution in [3.8, 4) is 0 Å². The van der Waals surface area contributed by atoms with E-state index in [0.717, 1.165) is 5.57 Å². The maximum Gasteiger partial charge on any atom is 0.490 e. The normalized spacial score (nSPS) is 30.6. The van der Waals surface area contributed by atoms with Gasteiger partial charge in [-0.25, -0.2) is 18.7 Å². The number of carbonyl (C=O) groups excluding carboxylic acids is 1. The predicted molar refractivity (Wildman–Crippen MR) is 128 cm³/mol. The Morgan fingerprint density at radius 3 is 2.58 bits per heavy atom. The molecule has 3 heterocycles. The average molecular weight is 605 g/mol. The van der Waals surface area contributed by atoms with Gasteiger partial charge in [-0.15, -0.1) is 6.58 Å². The molecule has 0 bridgehead atoms. The van der Waals surface area contributed by atoms with Crippen LogP contribution < -0.4 is 5.32 Å². The van der Waals surface area contributed by atoms with Gasteiger partial charge >= 0.3 is 23.5 Å². The summed E-state index contributed by atoms with van der Waals surface area (Å²) < 4.78 is 63.8. The molecule has 0 aromatic carbocycles. The lowest BCUT2D eigenvalue weighted by atomic mass is 9.95. The van der Waals surface area contributed by atoms with Gasteiger partial charge in [0.1, 0.15) is 37.0 Å². The molecule has 38 heavy (non-hydrogen) atoms. The molecule has 3 rings (SSSR count). The lowest BCUT2D eigenvalue weighted by Gasteiger charge is -2.33. The molecule has 0 saturated carbocycles. The number of hydrogen-bond acceptors (Lipinski definition) is 12. The van der Waals surface area contributed by atoms with Crippen LogP contribution in [-0.4, -0.2) is 80.8 Å². The van der Waals surface area contributed by atoms with E-state index >= 15 is 0 Å². The van der Waals surface area contributed by atoms with Crippen molar-refractivity contribution in [3.05, 3.63) is 24.4 Å². The lowest BCUT2D eigenvalue weighted by Crippen LogP contribution is -2.50. The van der Waals surface area contributed by atoms with Gasteiger partial charge in [0, 0.05) is 12.6 Å². The van der Waals surface area contributed by atoms with Crippen LogP contribution in [-0.2, 0) is 45.8 Å². The third kappa shape index (κ3) is 8.35. The molecule has 3 aliphatic heterocycles. The lowest BCUT2D eigenvalue weighted by molar-refractivity contribution is -0.127. The zero-order valence-corrected chi connectivity index (χ0v) is 23.1. The summed E-state index contributed by atoms with van der Waals surface area (Å²) in [5.41, 5.74) is 0.829. The van der Waals surface area contributed by atoms with E-state index in [9.17, 15) is 28.3 Å². The first kappa shape index (κ1) is 31.2. The maximum atomic E-state index is 12.6. The Labute approximate surface area is 217 Å². The smallest absolute Gasteiger partial charge is 0.351 e. The quantitative estimate of drug-likeness (QED) is 0.0807. The highest BCUT2D eigenvalue weighted by molar-refractivity contribution is 7.66. The number of nitrogens with one attached hydrogen (secondary N) is 1. The van der Waals surface area contributed by atoms with Crippen LogP contribution in [0.1, 0.15) is 26.7 Å². The van der Waals surface area contributed by atoms with Gasteiger partial charge in [-0.05, 0) is 18.9 Å². The van der Waals surface area contributed by atoms with E-state index < -0.39 is 60.6 Å². The molecule has 17 nitrogen and oxygen atoms in total. The zero-order chi connectivity index (χ0) is 28.3. The number of fused-ring (bicyclic) bond motifs is 1. The molecular weight excluding hydrogens is 575 g/mol. The van der Waals surface area contributed by atoms with Crippen molar-refractivity contribution >= 4 is 35.2 Å². The van der Waals surface area contributed by atoms with Crippen LogP contribution in [0.3, 0.4) is 0 Å². The number of carbonyl (C=O) groups is 1. The Bertz CT molecular complexity index is 1110. The van der Waals surface area contributed by atoms with Crippen LogP contribution in [0.5, 0.6) is 0 Å². The maximum absolute atomic E-state index is 12.6. The highest BCUT2D eigenvalue weighted by Gasteiger charge is 2.49. The van der Waals surface area contributed by atoms with Crippen molar-refractivity contribution in [2.24, 2.45) is 10.9 Å². The Morgan fingerprint density at radius 1 is 1.24 bits per heavy atom. The van der Waals surface area contributed by atoms with Gasteiger partial charge < -0.3 is 44.0 Å². The summed E-state index contributed by atoms with van der Waals surface area (Å²) in [5, 5.41) is 2.71. The van der Waals surface area contributed by atoms with E-state index in [2.05, 4.69) is 25.5 Å². The fraction of sp³-hybridized carbons (Fsp3) is 0.667. The highest BCUT2D eigenvalue weighted by Crippen LogP contribution is 2.66. The summed E-state index contributed by atoms with van der Waals surface area (Å²) in [6, 6.07) is 0. The molecule has 0 aromatic heterocycles. The third-order valence-corrected chi connectivity index (χ3v) is 9.37. The van der Waals surface area contributed by atoms with Gasteiger partial charge in [-0.1, -0.05) is 13.0 Å². The van der Waals surface area contributed by atoms with Crippen LogP contribution in [0.25, 0.3) is 0 Å². The monoisotopic (exact) mass is 605 g/mol. The second-order valence-electron chi connectivity index (χ2n) is 8.33. The molecule has 0 aromatic rings. The summed E-state index contributed by atoms with van der Waals surface area (Å²) in [6.07, 6.45) is 0.921. The van der Waals surface area contributed by atoms with E-state index in [1.807, 2.05) is 6.92 Å². The van der Waals surface area contributed by atoms with Gasteiger partial charge in [0.25, 0.3) is 0 Å². The molecule has 1 saturated heterocycles. The minimum absolute atomic E-state index is 0.185. The van der Waals surface area contributed by atoms with Gasteiger partial charge in [-0.3, -0.25) is 9.32 Å². The molecule has 216 valence electrons. The fourth-order valence-corrected chi connectivity index (χ4v) is 7.19. The highest BCUT2D eigenvalue weighted by atomic mass is 31.3. The van der Waals surface area contributed by atoms with Crippen LogP contribution >= 0.6 is 23.5 Å². The van der Waals surface area contributed by atoms with Crippen LogP contribution in [0, 0.1) is 5.92 Å². The standard InChI is InChI=1S/C18H30N3O14P3/c1-4-6-30-10-31-13-7-15(21-8-12(5-2)16-17(21)19-11(3)20-18(16)22)33-14(13)9-32-37(26,27)35-38(28,29)34-36(23,24)25/h4,8,13-17H,1,5-7,9-10H2,2-3H3,(H,26,27)(H,28,29)(H,19,20,22)(H2,23,24,25)/t13?,14-,15-,16?,17?/m1/s1. The fourth-order valence-electron chi connectivity index (χ4n) is 4.16. The number of amidine groups is 1. The predicted octanol–water partition coefficient (Wildman–Crippen LogP) is 1.09. The summed E-state index contributed by atoms with van der Waals surface area (Å²) in [6.45, 7) is 6.36. The van der Waals surface area contributed by atoms with Crippen LogP contribution in [0.2, 0.25) is 0 Å². The minimum Gasteiger partial charge on any atom is -0.351 e. The van der Waals surface area contributed by atoms with Crippen LogP contribution in [0.15, 0.2) is 29.4 Å². The molecule has 1 amide bonds. The number of aliphatic imine (C=N–C) groups is 1. The van der Waals surface area contributed by atoms with Crippen molar-refractivity contribution in [1.82, 2.24) is 10.2 Å². The second kappa shape index (κ2) is 12.5. The first-order chi connectivity index (χ1) is 17.6. The second-order valence-corrected chi connectivity index (χ2v) is 12.8. The summed E-state index contributed by atoms with van der Waals surface area (Å²) in [5.74, 6) is -0.303. The molecule has 0 aliphatic carbocycles. The van der Waals surface area contributed by atoms with Crippen molar-refractivity contribution in [2.45, 2.75) is 51.3 Å². The summed E-state index contributed by atoms with van der Waals surface area (Å²) >= 11 is 0. The van der Waals surface area contributed by atoms with E-state index in [1.165, 1.54) is 6.08 Å². The molecule has 1 fully saturated rings. The van der Waals surface area contributed by atoms with Crippen molar-refractivity contribution < 1.29 is 65.4 Å². The zero-order valence-electron chi connectivity index (χ0n) is 20.4. The first-order valence-corrected chi connectivity index (χ1v) is 15.7. The number of amides is 1. The molecule has 20 heteroatoms. The molecule has 5 N–H and O–H groups in total. The van der Waals surface area contributed by atoms with E-state index in [4.69, 9.17) is 28.5 Å². The Kier molecular flexibility index (Phi) is 10.3. The van der Waals surface area contributed by atoms with Crippen molar-refractivity contribution in [3.63, 3.8) is 0 Å². The molecule has 0 spiro atoms. The molecule has 0 radical (unpaired) electrons. The molecule has 5 unspecified atom stereocenters. The number of ether oxygens (including phenoxy) is 3. The molecular formula is C18H30N3O14P3. The Morgan fingerprint density at radius 2 is 1.95 bits per heavy atom. The van der Waals surface area contributed by atoms with Crippen molar-refractivity contribution in [1.29, 1.82) is 0 Å². The number of rotatable bonds is 14. The van der Waals surface area contributed by atoms with Gasteiger partial charge in [0.15, 0.2) is 0 Å². The minimum atomic E-state index is -5.68. The number of phosphoric acid groups is 3. The summed E-state index contributed by atoms with van der Waals surface area (Å²) in [7, 11) is -16.6. The number of nitrogens with zero attached hydrogens (tertiary/aromatic N) is 2. The van der Waals surface area contributed by atoms with Crippen molar-refractivity contribution in [2.75, 3.05) is 20.0 Å². The van der Waals surface area contributed by atoms with E-state index in [0.29, 0.717) is 12.3 Å². The SMILES string of the molecule is C=CCOCOC1C[C@H](N2C=C(CC)C3C(=O)NC(C)=NC32)O[C@@H]1COP(=O)(O)OP(=O)(O)OP(=O)(O)O. The van der Waals surface area contributed by atoms with E-state index in [-0.39, 0.29) is 25.7 Å². The first-order valence-electron chi connectivity index (χ1n) is 11.2. The third-order valence-electron chi connectivity index (χ3n) is 5.57. The number of hydrogen-bond donors (Lipinski definition) is 5. The van der Waals surface area contributed by atoms with Gasteiger partial charge in [-0.2, -0.15) is 8.62 Å². The molecule has 7 atom stereocenters. The Hall–Kier alpha value is -1.29.